The Hall–Kier alpha value is -1.38. The normalized spacial score (nSPS) is 23.1. The zero-order chi connectivity index (χ0) is 19.3. The van der Waals surface area contributed by atoms with Gasteiger partial charge in [-0.2, -0.15) is 0 Å². The highest BCUT2D eigenvalue weighted by atomic mass is 32.2. The number of hydrogen-bond acceptors (Lipinski definition) is 5. The van der Waals surface area contributed by atoms with Crippen LogP contribution in [0, 0.1) is 5.92 Å². The van der Waals surface area contributed by atoms with Gasteiger partial charge in [0, 0.05) is 13.1 Å². The van der Waals surface area contributed by atoms with E-state index in [1.54, 1.807) is 7.11 Å². The largest absolute Gasteiger partial charge is 0.497 e. The molecule has 3 rings (SSSR count). The van der Waals surface area contributed by atoms with Crippen LogP contribution in [-0.4, -0.2) is 63.2 Å². The number of nitrogens with zero attached hydrogens (tertiary/aromatic N) is 1. The van der Waals surface area contributed by atoms with Gasteiger partial charge in [0.05, 0.1) is 24.7 Å². The molecule has 0 aromatic heterocycles. The predicted octanol–water partition coefficient (Wildman–Crippen LogP) is 1.73. The molecule has 6 nitrogen and oxygen atoms in total. The number of ether oxygens (including phenoxy) is 1. The predicted molar refractivity (Wildman–Crippen MR) is 112 cm³/mol. The van der Waals surface area contributed by atoms with Crippen LogP contribution >= 0.6 is 12.2 Å². The molecule has 2 aliphatic heterocycles. The first-order valence-electron chi connectivity index (χ1n) is 9.57. The van der Waals surface area contributed by atoms with Crippen molar-refractivity contribution in [3.8, 4) is 5.75 Å². The quantitative estimate of drug-likeness (QED) is 0.662. The minimum absolute atomic E-state index is 0.158. The topological polar surface area (TPSA) is 70.7 Å². The van der Waals surface area contributed by atoms with Gasteiger partial charge in [0.25, 0.3) is 0 Å². The van der Waals surface area contributed by atoms with E-state index < -0.39 is 9.84 Å². The molecule has 2 saturated heterocycles. The molecule has 0 aliphatic carbocycles. The molecule has 1 aromatic rings. The third kappa shape index (κ3) is 5.80. The number of nitrogens with one attached hydrogen (secondary N) is 2. The Bertz CT molecular complexity index is 731. The summed E-state index contributed by atoms with van der Waals surface area (Å²) in [4.78, 5) is 2.49. The summed E-state index contributed by atoms with van der Waals surface area (Å²) >= 11 is 5.42. The van der Waals surface area contributed by atoms with E-state index in [1.165, 1.54) is 18.4 Å². The van der Waals surface area contributed by atoms with Crippen molar-refractivity contribution in [3.05, 3.63) is 29.8 Å². The lowest BCUT2D eigenvalue weighted by Gasteiger charge is -2.29. The molecule has 0 amide bonds. The van der Waals surface area contributed by atoms with E-state index >= 15 is 0 Å². The fourth-order valence-corrected chi connectivity index (χ4v) is 5.89. The standard InChI is InChI=1S/C19H29N3O3S2/c1-25-17-6-4-16(5-7-17)18(22-9-2-3-10-22)13-21-19(26)20-12-15-8-11-27(23,24)14-15/h4-7,15,18H,2-3,8-14H2,1H3,(H2,20,21,26)/t15-,18-/m1/s1. The van der Waals surface area contributed by atoms with E-state index in [0.717, 1.165) is 31.8 Å². The van der Waals surface area contributed by atoms with E-state index in [2.05, 4.69) is 27.7 Å². The first kappa shape index (κ1) is 20.4. The number of benzene rings is 1. The van der Waals surface area contributed by atoms with Crippen molar-refractivity contribution >= 4 is 27.2 Å². The van der Waals surface area contributed by atoms with E-state index in [4.69, 9.17) is 17.0 Å². The Morgan fingerprint density at radius 3 is 2.56 bits per heavy atom. The molecule has 0 saturated carbocycles. The summed E-state index contributed by atoms with van der Waals surface area (Å²) in [7, 11) is -1.17. The lowest BCUT2D eigenvalue weighted by Crippen LogP contribution is -2.42. The van der Waals surface area contributed by atoms with E-state index in [1.807, 2.05) is 12.1 Å². The number of methoxy groups -OCH3 is 1. The highest BCUT2D eigenvalue weighted by Crippen LogP contribution is 2.26. The Balaban J connectivity index is 1.53. The van der Waals surface area contributed by atoms with Crippen molar-refractivity contribution in [2.75, 3.05) is 44.8 Å². The molecule has 2 N–H and O–H groups in total. The number of thiocarbonyl (C=S) groups is 1. The maximum Gasteiger partial charge on any atom is 0.166 e. The summed E-state index contributed by atoms with van der Waals surface area (Å²) in [5.41, 5.74) is 1.25. The fraction of sp³-hybridized carbons (Fsp3) is 0.632. The maximum absolute atomic E-state index is 11.6. The molecule has 2 atom stereocenters. The van der Waals surface area contributed by atoms with Crippen LogP contribution < -0.4 is 15.4 Å². The second-order valence-corrected chi connectivity index (χ2v) is 10.0. The highest BCUT2D eigenvalue weighted by Gasteiger charge is 2.28. The molecule has 2 fully saturated rings. The Morgan fingerprint density at radius 2 is 1.96 bits per heavy atom. The molecule has 0 radical (unpaired) electrons. The smallest absolute Gasteiger partial charge is 0.166 e. The molecule has 27 heavy (non-hydrogen) atoms. The Kier molecular flexibility index (Phi) is 6.94. The number of rotatable bonds is 7. The zero-order valence-electron chi connectivity index (χ0n) is 15.8. The van der Waals surface area contributed by atoms with Crippen molar-refractivity contribution in [1.82, 2.24) is 15.5 Å². The van der Waals surface area contributed by atoms with Crippen LogP contribution in [0.1, 0.15) is 30.9 Å². The van der Waals surface area contributed by atoms with E-state index in [9.17, 15) is 8.42 Å². The fourth-order valence-electron chi connectivity index (χ4n) is 3.86. The van der Waals surface area contributed by atoms with Gasteiger partial charge in [-0.05, 0) is 68.2 Å². The van der Waals surface area contributed by atoms with Gasteiger partial charge >= 0.3 is 0 Å². The monoisotopic (exact) mass is 411 g/mol. The summed E-state index contributed by atoms with van der Waals surface area (Å²) in [5, 5.41) is 7.12. The average Bonchev–Trinajstić information content (AvgIpc) is 3.30. The summed E-state index contributed by atoms with van der Waals surface area (Å²) in [6, 6.07) is 8.47. The second-order valence-electron chi connectivity index (χ2n) is 7.39. The molecule has 0 spiro atoms. The number of hydrogen-bond donors (Lipinski definition) is 2. The molecule has 2 heterocycles. The first-order chi connectivity index (χ1) is 13.0. The van der Waals surface area contributed by atoms with Crippen LogP contribution in [0.4, 0.5) is 0 Å². The van der Waals surface area contributed by atoms with Crippen molar-refractivity contribution in [1.29, 1.82) is 0 Å². The second kappa shape index (κ2) is 9.21. The van der Waals surface area contributed by atoms with Crippen molar-refractivity contribution in [2.45, 2.75) is 25.3 Å². The van der Waals surface area contributed by atoms with Gasteiger partial charge in [0.2, 0.25) is 0 Å². The van der Waals surface area contributed by atoms with E-state index in [0.29, 0.717) is 17.4 Å². The van der Waals surface area contributed by atoms with Crippen LogP contribution in [0.15, 0.2) is 24.3 Å². The van der Waals surface area contributed by atoms with Gasteiger partial charge in [0.15, 0.2) is 14.9 Å². The van der Waals surface area contributed by atoms with Gasteiger partial charge in [0.1, 0.15) is 5.75 Å². The molecule has 150 valence electrons. The summed E-state index contributed by atoms with van der Waals surface area (Å²) in [5.74, 6) is 1.58. The van der Waals surface area contributed by atoms with Crippen molar-refractivity contribution in [3.63, 3.8) is 0 Å². The SMILES string of the molecule is COc1ccc([C@@H](CNC(=S)NC[C@H]2CCS(=O)(=O)C2)N2CCCC2)cc1. The zero-order valence-corrected chi connectivity index (χ0v) is 17.4. The third-order valence-corrected chi connectivity index (χ3v) is 7.54. The minimum atomic E-state index is -2.84. The van der Waals surface area contributed by atoms with Crippen molar-refractivity contribution in [2.24, 2.45) is 5.92 Å². The lowest BCUT2D eigenvalue weighted by atomic mass is 10.1. The summed E-state index contributed by atoms with van der Waals surface area (Å²) < 4.78 is 28.4. The van der Waals surface area contributed by atoms with Gasteiger partial charge < -0.3 is 15.4 Å². The Morgan fingerprint density at radius 1 is 1.26 bits per heavy atom. The van der Waals surface area contributed by atoms with Crippen LogP contribution in [0.5, 0.6) is 5.75 Å². The van der Waals surface area contributed by atoms with Crippen LogP contribution in [0.25, 0.3) is 0 Å². The van der Waals surface area contributed by atoms with Gasteiger partial charge in [-0.15, -0.1) is 0 Å². The van der Waals surface area contributed by atoms with Crippen LogP contribution in [0.3, 0.4) is 0 Å². The third-order valence-electron chi connectivity index (χ3n) is 5.42. The first-order valence-corrected chi connectivity index (χ1v) is 11.8. The molecular formula is C19H29N3O3S2. The van der Waals surface area contributed by atoms with Gasteiger partial charge in [-0.3, -0.25) is 4.90 Å². The number of sulfone groups is 1. The molecule has 2 aliphatic rings. The van der Waals surface area contributed by atoms with Gasteiger partial charge in [-0.1, -0.05) is 12.1 Å². The molecule has 0 bridgehead atoms. The van der Waals surface area contributed by atoms with Crippen LogP contribution in [-0.2, 0) is 9.84 Å². The average molecular weight is 412 g/mol. The molecule has 0 unspecified atom stereocenters. The highest BCUT2D eigenvalue weighted by molar-refractivity contribution is 7.91. The number of likely N-dealkylation sites (tertiary alicyclic amines) is 1. The molecule has 1 aromatic carbocycles. The maximum atomic E-state index is 11.6. The summed E-state index contributed by atoms with van der Waals surface area (Å²) in [6.45, 7) is 3.53. The van der Waals surface area contributed by atoms with E-state index in [-0.39, 0.29) is 17.7 Å². The van der Waals surface area contributed by atoms with Gasteiger partial charge in [-0.25, -0.2) is 8.42 Å². The minimum Gasteiger partial charge on any atom is -0.497 e. The molecule has 8 heteroatoms. The van der Waals surface area contributed by atoms with Crippen LogP contribution in [0.2, 0.25) is 0 Å². The van der Waals surface area contributed by atoms with Crippen molar-refractivity contribution < 1.29 is 13.2 Å². The molecular weight excluding hydrogens is 382 g/mol. The Labute approximate surface area is 167 Å². The lowest BCUT2D eigenvalue weighted by molar-refractivity contribution is 0.245. The summed E-state index contributed by atoms with van der Waals surface area (Å²) in [6.07, 6.45) is 3.18.